The summed E-state index contributed by atoms with van der Waals surface area (Å²) in [4.78, 5) is 7.70. The molecular formula is C10H10F3N7. The van der Waals surface area contributed by atoms with Gasteiger partial charge in [-0.1, -0.05) is 0 Å². The van der Waals surface area contributed by atoms with E-state index in [4.69, 9.17) is 11.7 Å². The Balaban J connectivity index is 2.36. The third-order valence-corrected chi connectivity index (χ3v) is 2.28. The van der Waals surface area contributed by atoms with E-state index in [1.165, 1.54) is 6.07 Å². The Labute approximate surface area is 111 Å². The molecule has 0 atom stereocenters. The van der Waals surface area contributed by atoms with Crippen LogP contribution in [0.2, 0.25) is 0 Å². The first-order chi connectivity index (χ1) is 9.53. The summed E-state index contributed by atoms with van der Waals surface area (Å²) in [7, 11) is 0. The summed E-state index contributed by atoms with van der Waals surface area (Å²) in [5, 5.41) is 2.39. The molecule has 0 unspecified atom stereocenters. The zero-order valence-corrected chi connectivity index (χ0v) is 9.92. The molecule has 0 spiro atoms. The van der Waals surface area contributed by atoms with Crippen LogP contribution in [-0.2, 0) is 0 Å². The highest BCUT2D eigenvalue weighted by molar-refractivity contribution is 5.59. The summed E-state index contributed by atoms with van der Waals surface area (Å²) in [5.41, 5.74) is 4.16. The van der Waals surface area contributed by atoms with Crippen LogP contribution in [-0.4, -0.2) is 9.97 Å². The second-order valence-corrected chi connectivity index (χ2v) is 3.62. The van der Waals surface area contributed by atoms with E-state index in [0.717, 1.165) is 0 Å². The van der Waals surface area contributed by atoms with Crippen LogP contribution < -0.4 is 27.9 Å². The van der Waals surface area contributed by atoms with Gasteiger partial charge in [-0.05, 0) is 0 Å². The standard InChI is InChI=1S/C10H10F3N7/c11-4-1-6(13)7(2-5(4)12)16-10-17-8(19-14)3-9(18-10)20-15/h1-3H,14-15H2,(H3,16,17,18,19,20). The van der Waals surface area contributed by atoms with Gasteiger partial charge in [-0.3, -0.25) is 0 Å². The van der Waals surface area contributed by atoms with Crippen molar-refractivity contribution >= 4 is 23.3 Å². The molecule has 0 radical (unpaired) electrons. The van der Waals surface area contributed by atoms with E-state index in [1.54, 1.807) is 0 Å². The molecule has 0 aliphatic carbocycles. The summed E-state index contributed by atoms with van der Waals surface area (Å²) in [6.07, 6.45) is 0. The maximum atomic E-state index is 13.5. The lowest BCUT2D eigenvalue weighted by Gasteiger charge is -2.10. The van der Waals surface area contributed by atoms with Crippen LogP contribution in [0.5, 0.6) is 0 Å². The molecule has 106 valence electrons. The Hall–Kier alpha value is -2.59. The minimum absolute atomic E-state index is 0.113. The van der Waals surface area contributed by atoms with Crippen LogP contribution in [0.15, 0.2) is 18.2 Å². The van der Waals surface area contributed by atoms with Crippen molar-refractivity contribution < 1.29 is 13.2 Å². The summed E-state index contributed by atoms with van der Waals surface area (Å²) < 4.78 is 39.3. The molecule has 1 aromatic heterocycles. The van der Waals surface area contributed by atoms with Crippen molar-refractivity contribution in [1.29, 1.82) is 0 Å². The molecule has 1 aromatic carbocycles. The number of rotatable bonds is 4. The molecule has 0 aliphatic rings. The highest BCUT2D eigenvalue weighted by atomic mass is 19.2. The number of nitrogens with two attached hydrogens (primary N) is 2. The van der Waals surface area contributed by atoms with Gasteiger partial charge in [0.15, 0.2) is 11.6 Å². The first-order valence-corrected chi connectivity index (χ1v) is 5.27. The fraction of sp³-hybridized carbons (Fsp3) is 0. The minimum atomic E-state index is -1.30. The summed E-state index contributed by atoms with van der Waals surface area (Å²) in [6, 6.07) is 2.43. The third kappa shape index (κ3) is 2.87. The van der Waals surface area contributed by atoms with E-state index in [9.17, 15) is 13.2 Å². The van der Waals surface area contributed by atoms with Crippen molar-refractivity contribution in [2.45, 2.75) is 0 Å². The second kappa shape index (κ2) is 5.59. The number of benzene rings is 1. The third-order valence-electron chi connectivity index (χ3n) is 2.28. The number of nitrogen functional groups attached to an aromatic ring is 2. The van der Waals surface area contributed by atoms with Crippen LogP contribution in [0.25, 0.3) is 0 Å². The van der Waals surface area contributed by atoms with Gasteiger partial charge in [0.05, 0.1) is 5.69 Å². The highest BCUT2D eigenvalue weighted by Crippen LogP contribution is 2.22. The molecule has 0 bridgehead atoms. The fourth-order valence-corrected chi connectivity index (χ4v) is 1.39. The maximum absolute atomic E-state index is 13.5. The van der Waals surface area contributed by atoms with Crippen LogP contribution in [0.4, 0.5) is 36.4 Å². The van der Waals surface area contributed by atoms with Crippen molar-refractivity contribution in [2.24, 2.45) is 11.7 Å². The van der Waals surface area contributed by atoms with Gasteiger partial charge < -0.3 is 16.2 Å². The summed E-state index contributed by atoms with van der Waals surface area (Å²) in [6.45, 7) is 0. The normalized spacial score (nSPS) is 10.2. The highest BCUT2D eigenvalue weighted by Gasteiger charge is 2.12. The molecular weight excluding hydrogens is 275 g/mol. The molecule has 10 heteroatoms. The topological polar surface area (TPSA) is 114 Å². The fourth-order valence-electron chi connectivity index (χ4n) is 1.39. The minimum Gasteiger partial charge on any atom is -0.321 e. The first-order valence-electron chi connectivity index (χ1n) is 5.27. The van der Waals surface area contributed by atoms with Crippen LogP contribution in [0.3, 0.4) is 0 Å². The number of halogens is 3. The number of hydrogen-bond donors (Lipinski definition) is 5. The van der Waals surface area contributed by atoms with E-state index >= 15 is 0 Å². The van der Waals surface area contributed by atoms with E-state index in [0.29, 0.717) is 12.1 Å². The number of aromatic nitrogens is 2. The SMILES string of the molecule is NNc1cc(NN)nc(Nc2cc(F)c(F)cc2F)n1. The average Bonchev–Trinajstić information content (AvgIpc) is 2.44. The Kier molecular flexibility index (Phi) is 3.86. The largest absolute Gasteiger partial charge is 0.321 e. The Morgan fingerprint density at radius 1 is 0.800 bits per heavy atom. The quantitative estimate of drug-likeness (QED) is 0.326. The first kappa shape index (κ1) is 13.8. The van der Waals surface area contributed by atoms with Gasteiger partial charge >= 0.3 is 0 Å². The van der Waals surface area contributed by atoms with Gasteiger partial charge in [-0.2, -0.15) is 9.97 Å². The lowest BCUT2D eigenvalue weighted by Crippen LogP contribution is -2.14. The van der Waals surface area contributed by atoms with Gasteiger partial charge in [0.2, 0.25) is 5.95 Å². The van der Waals surface area contributed by atoms with E-state index in [1.807, 2.05) is 0 Å². The molecule has 7 nitrogen and oxygen atoms in total. The smallest absolute Gasteiger partial charge is 0.231 e. The van der Waals surface area contributed by atoms with Gasteiger partial charge in [0.1, 0.15) is 17.5 Å². The molecule has 0 aliphatic heterocycles. The second-order valence-electron chi connectivity index (χ2n) is 3.62. The maximum Gasteiger partial charge on any atom is 0.231 e. The van der Waals surface area contributed by atoms with E-state index in [2.05, 4.69) is 26.1 Å². The molecule has 0 saturated heterocycles. The van der Waals surface area contributed by atoms with Gasteiger partial charge in [0.25, 0.3) is 0 Å². The lowest BCUT2D eigenvalue weighted by atomic mass is 10.3. The van der Waals surface area contributed by atoms with Crippen molar-refractivity contribution in [2.75, 3.05) is 16.2 Å². The van der Waals surface area contributed by atoms with Gasteiger partial charge in [0, 0.05) is 18.2 Å². The number of nitrogens with one attached hydrogen (secondary N) is 3. The Morgan fingerprint density at radius 2 is 1.35 bits per heavy atom. The Morgan fingerprint density at radius 3 is 1.90 bits per heavy atom. The number of anilines is 4. The van der Waals surface area contributed by atoms with Crippen LogP contribution in [0, 0.1) is 17.5 Å². The predicted octanol–water partition coefficient (Wildman–Crippen LogP) is 1.21. The average molecular weight is 285 g/mol. The van der Waals surface area contributed by atoms with Crippen molar-refractivity contribution in [3.8, 4) is 0 Å². The molecule has 0 fully saturated rings. The van der Waals surface area contributed by atoms with Gasteiger partial charge in [-0.15, -0.1) is 0 Å². The zero-order chi connectivity index (χ0) is 14.7. The molecule has 0 amide bonds. The molecule has 1 heterocycles. The Bertz CT molecular complexity index is 612. The van der Waals surface area contributed by atoms with Crippen molar-refractivity contribution in [3.05, 3.63) is 35.7 Å². The number of hydrazine groups is 2. The molecule has 2 rings (SSSR count). The number of hydrogen-bond acceptors (Lipinski definition) is 7. The summed E-state index contributed by atoms with van der Waals surface area (Å²) >= 11 is 0. The summed E-state index contributed by atoms with van der Waals surface area (Å²) in [5.74, 6) is 7.12. The van der Waals surface area contributed by atoms with Crippen LogP contribution in [0.1, 0.15) is 0 Å². The van der Waals surface area contributed by atoms with Crippen molar-refractivity contribution in [3.63, 3.8) is 0 Å². The van der Waals surface area contributed by atoms with E-state index in [-0.39, 0.29) is 23.3 Å². The number of nitrogens with zero attached hydrogens (tertiary/aromatic N) is 2. The van der Waals surface area contributed by atoms with Gasteiger partial charge in [-0.25, -0.2) is 24.9 Å². The molecule has 20 heavy (non-hydrogen) atoms. The molecule has 7 N–H and O–H groups in total. The predicted molar refractivity (Wildman–Crippen MR) is 67.3 cm³/mol. The van der Waals surface area contributed by atoms with Crippen LogP contribution >= 0.6 is 0 Å². The zero-order valence-electron chi connectivity index (χ0n) is 9.92. The molecule has 2 aromatic rings. The van der Waals surface area contributed by atoms with Crippen molar-refractivity contribution in [1.82, 2.24) is 9.97 Å². The monoisotopic (exact) mass is 285 g/mol. The lowest BCUT2D eigenvalue weighted by molar-refractivity contribution is 0.496. The molecule has 0 saturated carbocycles. The van der Waals surface area contributed by atoms with E-state index < -0.39 is 17.5 Å².